The van der Waals surface area contributed by atoms with Gasteiger partial charge in [0, 0.05) is 5.56 Å². The monoisotopic (exact) mass is 277 g/mol. The summed E-state index contributed by atoms with van der Waals surface area (Å²) in [6.45, 7) is 0. The number of halogens is 3. The van der Waals surface area contributed by atoms with E-state index in [9.17, 15) is 18.0 Å². The molecule has 1 aromatic rings. The Labute approximate surface area is 107 Å². The van der Waals surface area contributed by atoms with E-state index in [0.717, 1.165) is 19.3 Å². The summed E-state index contributed by atoms with van der Waals surface area (Å²) in [6.07, 6.45) is -0.782. The first-order valence-electron chi connectivity index (χ1n) is 6.01. The highest BCUT2D eigenvalue weighted by molar-refractivity contribution is 5.89. The van der Waals surface area contributed by atoms with Crippen molar-refractivity contribution in [1.82, 2.24) is 9.78 Å². The van der Waals surface area contributed by atoms with Gasteiger partial charge in [0.2, 0.25) is 0 Å². The Hall–Kier alpha value is -1.73. The molecule has 3 N–H and O–H groups in total. The Morgan fingerprint density at radius 3 is 2.37 bits per heavy atom. The quantitative estimate of drug-likeness (QED) is 0.870. The van der Waals surface area contributed by atoms with Crippen molar-refractivity contribution in [3.63, 3.8) is 0 Å². The molecule has 106 valence electrons. The molecule has 0 radical (unpaired) electrons. The van der Waals surface area contributed by atoms with Crippen LogP contribution >= 0.6 is 0 Å². The number of aromatic carboxylic acids is 1. The summed E-state index contributed by atoms with van der Waals surface area (Å²) >= 11 is 0. The highest BCUT2D eigenvalue weighted by Crippen LogP contribution is 2.39. The van der Waals surface area contributed by atoms with Crippen molar-refractivity contribution in [1.29, 1.82) is 0 Å². The van der Waals surface area contributed by atoms with E-state index < -0.39 is 23.8 Å². The van der Waals surface area contributed by atoms with E-state index in [1.807, 2.05) is 0 Å². The first-order chi connectivity index (χ1) is 8.82. The second kappa shape index (κ2) is 4.75. The molecule has 1 heterocycles. The molecule has 0 aromatic carbocycles. The zero-order valence-corrected chi connectivity index (χ0v) is 10.1. The Balaban J connectivity index is 2.51. The minimum Gasteiger partial charge on any atom is -0.476 e. The predicted molar refractivity (Wildman–Crippen MR) is 60.7 cm³/mol. The lowest BCUT2D eigenvalue weighted by molar-refractivity contribution is -0.210. The SMILES string of the molecule is Nc1c(C2CCCCC2)c(C(=O)O)nn1C(F)(F)F. The average Bonchev–Trinajstić information content (AvgIpc) is 2.68. The topological polar surface area (TPSA) is 81.1 Å². The average molecular weight is 277 g/mol. The highest BCUT2D eigenvalue weighted by atomic mass is 19.4. The second-order valence-corrected chi connectivity index (χ2v) is 4.67. The first-order valence-corrected chi connectivity index (χ1v) is 6.01. The van der Waals surface area contributed by atoms with E-state index in [1.54, 1.807) is 0 Å². The van der Waals surface area contributed by atoms with E-state index in [1.165, 1.54) is 0 Å². The molecule has 5 nitrogen and oxygen atoms in total. The third-order valence-electron chi connectivity index (χ3n) is 3.42. The molecule has 0 bridgehead atoms. The van der Waals surface area contributed by atoms with Gasteiger partial charge >= 0.3 is 12.3 Å². The number of carboxylic acids is 1. The van der Waals surface area contributed by atoms with Crippen LogP contribution < -0.4 is 5.73 Å². The molecule has 0 spiro atoms. The second-order valence-electron chi connectivity index (χ2n) is 4.67. The van der Waals surface area contributed by atoms with E-state index in [4.69, 9.17) is 10.8 Å². The zero-order valence-electron chi connectivity index (χ0n) is 10.1. The first kappa shape index (κ1) is 13.7. The number of carboxylic acid groups (broad SMARTS) is 1. The predicted octanol–water partition coefficient (Wildman–Crippen LogP) is 2.69. The molecule has 0 aliphatic heterocycles. The number of alkyl halides is 3. The normalized spacial score (nSPS) is 17.6. The summed E-state index contributed by atoms with van der Waals surface area (Å²) in [5.41, 5.74) is 4.93. The molecule has 0 unspecified atom stereocenters. The lowest BCUT2D eigenvalue weighted by Crippen LogP contribution is -2.21. The summed E-state index contributed by atoms with van der Waals surface area (Å²) in [5.74, 6) is -2.33. The van der Waals surface area contributed by atoms with Crippen LogP contribution in [-0.4, -0.2) is 20.9 Å². The maximum absolute atomic E-state index is 12.7. The van der Waals surface area contributed by atoms with Gasteiger partial charge in [-0.2, -0.15) is 9.78 Å². The highest BCUT2D eigenvalue weighted by Gasteiger charge is 2.39. The number of carbonyl (C=O) groups is 1. The number of nitrogens with two attached hydrogens (primary N) is 1. The van der Waals surface area contributed by atoms with Crippen LogP contribution in [0, 0.1) is 0 Å². The molecule has 2 rings (SSSR count). The fourth-order valence-corrected chi connectivity index (χ4v) is 2.59. The van der Waals surface area contributed by atoms with Crippen LogP contribution in [0.4, 0.5) is 19.0 Å². The molecule has 1 aromatic heterocycles. The van der Waals surface area contributed by atoms with Gasteiger partial charge in [-0.25, -0.2) is 4.79 Å². The van der Waals surface area contributed by atoms with Gasteiger partial charge in [0.05, 0.1) is 0 Å². The number of nitrogen functional groups attached to an aromatic ring is 1. The minimum absolute atomic E-state index is 0.0320. The van der Waals surface area contributed by atoms with Crippen molar-refractivity contribution < 1.29 is 23.1 Å². The molecule has 0 saturated heterocycles. The van der Waals surface area contributed by atoms with Crippen LogP contribution in [0.1, 0.15) is 54.1 Å². The minimum atomic E-state index is -4.80. The Kier molecular flexibility index (Phi) is 3.42. The zero-order chi connectivity index (χ0) is 14.2. The molecular weight excluding hydrogens is 263 g/mol. The molecule has 1 saturated carbocycles. The van der Waals surface area contributed by atoms with Crippen LogP contribution in [0.5, 0.6) is 0 Å². The van der Waals surface area contributed by atoms with E-state index in [0.29, 0.717) is 12.8 Å². The molecule has 1 fully saturated rings. The fourth-order valence-electron chi connectivity index (χ4n) is 2.59. The number of nitrogens with zero attached hydrogens (tertiary/aromatic N) is 2. The van der Waals surface area contributed by atoms with Crippen LogP contribution in [0.2, 0.25) is 0 Å². The molecule has 1 aliphatic rings. The molecule has 19 heavy (non-hydrogen) atoms. The van der Waals surface area contributed by atoms with Gasteiger partial charge in [-0.1, -0.05) is 19.3 Å². The molecule has 0 amide bonds. The standard InChI is InChI=1S/C11H14F3N3O2/c12-11(13,14)17-9(15)7(8(16-17)10(18)19)6-4-2-1-3-5-6/h6H,1-5,15H2,(H,18,19). The lowest BCUT2D eigenvalue weighted by atomic mass is 9.83. The van der Waals surface area contributed by atoms with Crippen LogP contribution in [0.25, 0.3) is 0 Å². The van der Waals surface area contributed by atoms with E-state index in [-0.39, 0.29) is 16.2 Å². The summed E-state index contributed by atoms with van der Waals surface area (Å²) < 4.78 is 37.8. The van der Waals surface area contributed by atoms with E-state index in [2.05, 4.69) is 5.10 Å². The van der Waals surface area contributed by atoms with Gasteiger partial charge in [-0.05, 0) is 18.8 Å². The smallest absolute Gasteiger partial charge is 0.476 e. The number of anilines is 1. The summed E-state index contributed by atoms with van der Waals surface area (Å²) in [6, 6.07) is 0. The van der Waals surface area contributed by atoms with Gasteiger partial charge in [-0.3, -0.25) is 0 Å². The third-order valence-corrected chi connectivity index (χ3v) is 3.42. The Bertz CT molecular complexity index is 490. The van der Waals surface area contributed by atoms with Crippen molar-refractivity contribution in [2.75, 3.05) is 5.73 Å². The summed E-state index contributed by atoms with van der Waals surface area (Å²) in [5, 5.41) is 12.1. The Morgan fingerprint density at radius 1 is 1.32 bits per heavy atom. The van der Waals surface area contributed by atoms with E-state index >= 15 is 0 Å². The summed E-state index contributed by atoms with van der Waals surface area (Å²) in [7, 11) is 0. The Morgan fingerprint density at radius 2 is 1.89 bits per heavy atom. The largest absolute Gasteiger partial charge is 0.506 e. The maximum Gasteiger partial charge on any atom is 0.506 e. The maximum atomic E-state index is 12.7. The van der Waals surface area contributed by atoms with Crippen molar-refractivity contribution in [2.45, 2.75) is 44.3 Å². The molecular formula is C11H14F3N3O2. The van der Waals surface area contributed by atoms with Crippen molar-refractivity contribution in [3.8, 4) is 0 Å². The van der Waals surface area contributed by atoms with Crippen LogP contribution in [0.3, 0.4) is 0 Å². The van der Waals surface area contributed by atoms with Crippen molar-refractivity contribution >= 4 is 11.8 Å². The number of hydrogen-bond donors (Lipinski definition) is 2. The van der Waals surface area contributed by atoms with Crippen LogP contribution in [-0.2, 0) is 6.30 Å². The van der Waals surface area contributed by atoms with Gasteiger partial charge in [0.15, 0.2) is 5.69 Å². The number of aromatic nitrogens is 2. The summed E-state index contributed by atoms with van der Waals surface area (Å²) in [4.78, 5) is 11.1. The van der Waals surface area contributed by atoms with Crippen molar-refractivity contribution in [3.05, 3.63) is 11.3 Å². The van der Waals surface area contributed by atoms with Crippen molar-refractivity contribution in [2.24, 2.45) is 0 Å². The number of hydrogen-bond acceptors (Lipinski definition) is 3. The molecule has 8 heteroatoms. The fraction of sp³-hybridized carbons (Fsp3) is 0.636. The van der Waals surface area contributed by atoms with Gasteiger partial charge in [0.1, 0.15) is 5.82 Å². The number of rotatable bonds is 2. The molecule has 0 atom stereocenters. The molecule has 1 aliphatic carbocycles. The van der Waals surface area contributed by atoms with Gasteiger partial charge in [0.25, 0.3) is 0 Å². The lowest BCUT2D eigenvalue weighted by Gasteiger charge is -2.21. The van der Waals surface area contributed by atoms with Gasteiger partial charge < -0.3 is 10.8 Å². The van der Waals surface area contributed by atoms with Gasteiger partial charge in [-0.15, -0.1) is 13.2 Å². The van der Waals surface area contributed by atoms with Crippen LogP contribution in [0.15, 0.2) is 0 Å². The third kappa shape index (κ3) is 2.52.